The van der Waals surface area contributed by atoms with E-state index in [1.807, 2.05) is 6.92 Å². The van der Waals surface area contributed by atoms with Crippen molar-refractivity contribution in [3.8, 4) is 0 Å². The Labute approximate surface area is 163 Å². The van der Waals surface area contributed by atoms with E-state index >= 15 is 0 Å². The lowest BCUT2D eigenvalue weighted by Crippen LogP contribution is -2.14. The van der Waals surface area contributed by atoms with Crippen LogP contribution in [-0.2, 0) is 14.6 Å². The summed E-state index contributed by atoms with van der Waals surface area (Å²) in [5.74, 6) is -0.978. The third-order valence-electron chi connectivity index (χ3n) is 3.72. The van der Waals surface area contributed by atoms with Crippen molar-refractivity contribution in [1.29, 1.82) is 0 Å². The molecule has 1 amide bonds. The first-order valence-electron chi connectivity index (χ1n) is 8.30. The lowest BCUT2D eigenvalue weighted by molar-refractivity contribution is 0.0499. The van der Waals surface area contributed by atoms with E-state index in [9.17, 15) is 18.0 Å². The van der Waals surface area contributed by atoms with Crippen molar-refractivity contribution in [1.82, 2.24) is 0 Å². The number of rotatable bonds is 7. The molecule has 0 aliphatic carbocycles. The van der Waals surface area contributed by atoms with Gasteiger partial charge in [0, 0.05) is 11.9 Å². The highest BCUT2D eigenvalue weighted by molar-refractivity contribution is 7.90. The SMILES string of the molecule is CCCCOC(=O)c1ccc(NC(=O)c2cc(S(C)(=O)=O)ccc2Cl)cc1. The summed E-state index contributed by atoms with van der Waals surface area (Å²) in [7, 11) is -3.46. The van der Waals surface area contributed by atoms with Crippen molar-refractivity contribution in [2.45, 2.75) is 24.7 Å². The normalized spacial score (nSPS) is 11.1. The van der Waals surface area contributed by atoms with Crippen LogP contribution in [0.5, 0.6) is 0 Å². The molecule has 27 heavy (non-hydrogen) atoms. The third-order valence-corrected chi connectivity index (χ3v) is 5.16. The average Bonchev–Trinajstić information content (AvgIpc) is 2.61. The van der Waals surface area contributed by atoms with Crippen LogP contribution in [-0.4, -0.2) is 33.2 Å². The number of esters is 1. The quantitative estimate of drug-likeness (QED) is 0.552. The van der Waals surface area contributed by atoms with E-state index in [0.717, 1.165) is 19.1 Å². The van der Waals surface area contributed by atoms with Gasteiger partial charge >= 0.3 is 5.97 Å². The largest absolute Gasteiger partial charge is 0.462 e. The van der Waals surface area contributed by atoms with Crippen LogP contribution in [0.3, 0.4) is 0 Å². The Balaban J connectivity index is 2.11. The number of amides is 1. The summed E-state index contributed by atoms with van der Waals surface area (Å²) in [6, 6.07) is 10.1. The van der Waals surface area contributed by atoms with Gasteiger partial charge in [-0.3, -0.25) is 4.79 Å². The molecule has 0 atom stereocenters. The number of hydrogen-bond acceptors (Lipinski definition) is 5. The lowest BCUT2D eigenvalue weighted by Gasteiger charge is -2.09. The highest BCUT2D eigenvalue weighted by Crippen LogP contribution is 2.22. The smallest absolute Gasteiger partial charge is 0.338 e. The van der Waals surface area contributed by atoms with Crippen molar-refractivity contribution in [3.63, 3.8) is 0 Å². The molecule has 0 spiro atoms. The number of carbonyl (C=O) groups is 2. The van der Waals surface area contributed by atoms with Crippen molar-refractivity contribution in [2.24, 2.45) is 0 Å². The molecule has 0 aliphatic rings. The first-order valence-corrected chi connectivity index (χ1v) is 10.6. The van der Waals surface area contributed by atoms with Crippen LogP contribution in [0, 0.1) is 0 Å². The number of hydrogen-bond donors (Lipinski definition) is 1. The van der Waals surface area contributed by atoms with Crippen LogP contribution in [0.4, 0.5) is 5.69 Å². The first-order chi connectivity index (χ1) is 12.7. The molecule has 6 nitrogen and oxygen atoms in total. The van der Waals surface area contributed by atoms with Crippen LogP contribution in [0.15, 0.2) is 47.4 Å². The molecule has 2 aromatic rings. The molecule has 2 aromatic carbocycles. The van der Waals surface area contributed by atoms with E-state index in [2.05, 4.69) is 5.32 Å². The number of sulfone groups is 1. The van der Waals surface area contributed by atoms with E-state index in [1.165, 1.54) is 18.2 Å². The van der Waals surface area contributed by atoms with Crippen LogP contribution in [0.25, 0.3) is 0 Å². The Morgan fingerprint density at radius 3 is 2.37 bits per heavy atom. The monoisotopic (exact) mass is 409 g/mol. The second-order valence-electron chi connectivity index (χ2n) is 5.93. The molecule has 8 heteroatoms. The fourth-order valence-electron chi connectivity index (χ4n) is 2.19. The molecule has 0 aromatic heterocycles. The molecule has 0 aliphatic heterocycles. The lowest BCUT2D eigenvalue weighted by atomic mass is 10.2. The van der Waals surface area contributed by atoms with Crippen molar-refractivity contribution < 1.29 is 22.7 Å². The second kappa shape index (κ2) is 9.01. The van der Waals surface area contributed by atoms with Crippen LogP contribution in [0.2, 0.25) is 5.02 Å². The van der Waals surface area contributed by atoms with Gasteiger partial charge in [0.05, 0.1) is 27.7 Å². The Bertz CT molecular complexity index is 939. The second-order valence-corrected chi connectivity index (χ2v) is 8.36. The zero-order chi connectivity index (χ0) is 20.0. The Kier molecular flexibility index (Phi) is 6.98. The summed E-state index contributed by atoms with van der Waals surface area (Å²) < 4.78 is 28.4. The highest BCUT2D eigenvalue weighted by atomic mass is 35.5. The van der Waals surface area contributed by atoms with Gasteiger partial charge in [-0.2, -0.15) is 0 Å². The summed E-state index contributed by atoms with van der Waals surface area (Å²) in [4.78, 5) is 24.3. The minimum Gasteiger partial charge on any atom is -0.462 e. The highest BCUT2D eigenvalue weighted by Gasteiger charge is 2.16. The van der Waals surface area contributed by atoms with Gasteiger partial charge in [-0.25, -0.2) is 13.2 Å². The van der Waals surface area contributed by atoms with Gasteiger partial charge in [0.1, 0.15) is 0 Å². The van der Waals surface area contributed by atoms with Gasteiger partial charge in [0.15, 0.2) is 9.84 Å². The fraction of sp³-hybridized carbons (Fsp3) is 0.263. The maximum atomic E-state index is 12.4. The predicted molar refractivity (Wildman–Crippen MR) is 104 cm³/mol. The maximum Gasteiger partial charge on any atom is 0.338 e. The van der Waals surface area contributed by atoms with Gasteiger partial charge in [-0.15, -0.1) is 0 Å². The molecule has 2 rings (SSSR count). The first kappa shape index (κ1) is 20.9. The molecule has 0 saturated heterocycles. The molecule has 0 bridgehead atoms. The van der Waals surface area contributed by atoms with Crippen LogP contribution < -0.4 is 5.32 Å². The van der Waals surface area contributed by atoms with E-state index < -0.39 is 21.7 Å². The van der Waals surface area contributed by atoms with Gasteiger partial charge in [0.2, 0.25) is 0 Å². The number of halogens is 1. The number of unbranched alkanes of at least 4 members (excludes halogenated alkanes) is 1. The third kappa shape index (κ3) is 5.80. The maximum absolute atomic E-state index is 12.4. The minimum atomic E-state index is -3.46. The zero-order valence-electron chi connectivity index (χ0n) is 15.0. The number of benzene rings is 2. The zero-order valence-corrected chi connectivity index (χ0v) is 16.6. The topological polar surface area (TPSA) is 89.5 Å². The average molecular weight is 410 g/mol. The van der Waals surface area contributed by atoms with Crippen LogP contribution >= 0.6 is 11.6 Å². The molecular weight excluding hydrogens is 390 g/mol. The molecular formula is C19H20ClNO5S. The van der Waals surface area contributed by atoms with E-state index in [4.69, 9.17) is 16.3 Å². The molecule has 0 radical (unpaired) electrons. The van der Waals surface area contributed by atoms with Crippen molar-refractivity contribution >= 4 is 39.0 Å². The van der Waals surface area contributed by atoms with Gasteiger partial charge < -0.3 is 10.1 Å². The van der Waals surface area contributed by atoms with Gasteiger partial charge in [-0.05, 0) is 48.9 Å². The van der Waals surface area contributed by atoms with Crippen molar-refractivity contribution in [3.05, 3.63) is 58.6 Å². The molecule has 0 fully saturated rings. The Hall–Kier alpha value is -2.38. The van der Waals surface area contributed by atoms with E-state index in [1.54, 1.807) is 24.3 Å². The fourth-order valence-corrected chi connectivity index (χ4v) is 3.04. The van der Waals surface area contributed by atoms with Gasteiger partial charge in [-0.1, -0.05) is 24.9 Å². The molecule has 0 saturated carbocycles. The summed E-state index contributed by atoms with van der Waals surface area (Å²) >= 11 is 6.02. The molecule has 1 N–H and O–H groups in total. The molecule has 0 unspecified atom stereocenters. The standard InChI is InChI=1S/C19H20ClNO5S/c1-3-4-11-26-19(23)13-5-7-14(8-6-13)21-18(22)16-12-15(27(2,24)25)9-10-17(16)20/h5-10,12H,3-4,11H2,1-2H3,(H,21,22). The molecule has 144 valence electrons. The van der Waals surface area contributed by atoms with Gasteiger partial charge in [0.25, 0.3) is 5.91 Å². The Morgan fingerprint density at radius 1 is 1.11 bits per heavy atom. The number of nitrogens with one attached hydrogen (secondary N) is 1. The van der Waals surface area contributed by atoms with Crippen molar-refractivity contribution in [2.75, 3.05) is 18.2 Å². The number of anilines is 1. The summed E-state index contributed by atoms with van der Waals surface area (Å²) in [5.41, 5.74) is 0.856. The van der Waals surface area contributed by atoms with Crippen LogP contribution in [0.1, 0.15) is 40.5 Å². The Morgan fingerprint density at radius 2 is 1.78 bits per heavy atom. The predicted octanol–water partition coefficient (Wildman–Crippen LogP) is 3.95. The summed E-state index contributed by atoms with van der Waals surface area (Å²) in [5, 5.41) is 2.76. The van der Waals surface area contributed by atoms with E-state index in [-0.39, 0.29) is 15.5 Å². The number of ether oxygens (including phenoxy) is 1. The minimum absolute atomic E-state index is 0.00206. The molecule has 0 heterocycles. The number of carbonyl (C=O) groups excluding carboxylic acids is 2. The van der Waals surface area contributed by atoms with E-state index in [0.29, 0.717) is 17.9 Å². The summed E-state index contributed by atoms with van der Waals surface area (Å²) in [6.45, 7) is 2.37. The summed E-state index contributed by atoms with van der Waals surface area (Å²) in [6.07, 6.45) is 2.78.